The molecule has 0 unspecified atom stereocenters. The van der Waals surface area contributed by atoms with Crippen molar-refractivity contribution >= 4 is 28.3 Å². The van der Waals surface area contributed by atoms with Crippen molar-refractivity contribution in [2.24, 2.45) is 0 Å². The molecule has 0 spiro atoms. The molecule has 8 heteroatoms. The van der Waals surface area contributed by atoms with Crippen molar-refractivity contribution in [3.8, 4) is 11.3 Å². The van der Waals surface area contributed by atoms with E-state index in [0.717, 1.165) is 16.8 Å². The van der Waals surface area contributed by atoms with Crippen LogP contribution in [0.25, 0.3) is 27.9 Å². The summed E-state index contributed by atoms with van der Waals surface area (Å²) in [6.07, 6.45) is 2.50. The first-order chi connectivity index (χ1) is 15.1. The van der Waals surface area contributed by atoms with Crippen molar-refractivity contribution in [2.45, 2.75) is 26.4 Å². The lowest BCUT2D eigenvalue weighted by atomic mass is 10.2. The number of nitrogens with one attached hydrogen (secondary N) is 1. The van der Waals surface area contributed by atoms with E-state index in [0.29, 0.717) is 41.2 Å². The van der Waals surface area contributed by atoms with Gasteiger partial charge in [0.05, 0.1) is 18.4 Å². The Kier molecular flexibility index (Phi) is 4.75. The summed E-state index contributed by atoms with van der Waals surface area (Å²) in [5, 5.41) is 5.66. The second kappa shape index (κ2) is 7.59. The first kappa shape index (κ1) is 19.4. The van der Waals surface area contributed by atoms with Gasteiger partial charge in [0, 0.05) is 11.6 Å². The number of aromatic amines is 1. The molecule has 156 valence electrons. The van der Waals surface area contributed by atoms with Gasteiger partial charge in [-0.1, -0.05) is 61.0 Å². The topological polar surface area (TPSA) is 77.1 Å². The smallest absolute Gasteiger partial charge is 0.333 e. The van der Waals surface area contributed by atoms with E-state index >= 15 is 0 Å². The van der Waals surface area contributed by atoms with Crippen molar-refractivity contribution in [1.82, 2.24) is 23.7 Å². The molecular formula is C23H20ClN5O2. The standard InChI is InChI=1S/C23H20ClN5O2/c1-2-12-27-22(30)19-20-25-18(16-8-10-17(24)11-9-16)14-29(20)26-21(19)28(23(27)31)13-15-6-4-3-5-7-15/h3-11,14,25H,2,12-13H2,1H3. The van der Waals surface area contributed by atoms with Crippen LogP contribution in [0.5, 0.6) is 0 Å². The van der Waals surface area contributed by atoms with E-state index < -0.39 is 0 Å². The van der Waals surface area contributed by atoms with Crippen LogP contribution in [0.1, 0.15) is 18.9 Å². The van der Waals surface area contributed by atoms with Crippen molar-refractivity contribution in [1.29, 1.82) is 0 Å². The van der Waals surface area contributed by atoms with Crippen LogP contribution in [-0.2, 0) is 13.1 Å². The number of nitrogens with zero attached hydrogens (tertiary/aromatic N) is 4. The zero-order valence-corrected chi connectivity index (χ0v) is 17.6. The van der Waals surface area contributed by atoms with Gasteiger partial charge in [0.25, 0.3) is 5.56 Å². The summed E-state index contributed by atoms with van der Waals surface area (Å²) in [6, 6.07) is 17.1. The molecule has 0 aliphatic carbocycles. The molecule has 0 bridgehead atoms. The Morgan fingerprint density at radius 2 is 1.74 bits per heavy atom. The van der Waals surface area contributed by atoms with E-state index in [1.165, 1.54) is 4.57 Å². The highest BCUT2D eigenvalue weighted by Gasteiger charge is 2.20. The number of fused-ring (bicyclic) bond motifs is 3. The summed E-state index contributed by atoms with van der Waals surface area (Å²) < 4.78 is 4.51. The summed E-state index contributed by atoms with van der Waals surface area (Å²) >= 11 is 6.00. The van der Waals surface area contributed by atoms with Gasteiger partial charge in [-0.05, 0) is 29.7 Å². The van der Waals surface area contributed by atoms with Crippen LogP contribution < -0.4 is 11.2 Å². The van der Waals surface area contributed by atoms with Crippen LogP contribution in [0.3, 0.4) is 0 Å². The summed E-state index contributed by atoms with van der Waals surface area (Å²) in [4.78, 5) is 29.7. The van der Waals surface area contributed by atoms with Crippen LogP contribution >= 0.6 is 11.6 Å². The normalized spacial score (nSPS) is 11.5. The molecule has 31 heavy (non-hydrogen) atoms. The number of benzene rings is 2. The predicted molar refractivity (Wildman–Crippen MR) is 122 cm³/mol. The Labute approximate surface area is 182 Å². The number of halogens is 1. The number of rotatable bonds is 5. The van der Waals surface area contributed by atoms with Crippen LogP contribution in [0.4, 0.5) is 0 Å². The van der Waals surface area contributed by atoms with E-state index in [1.807, 2.05) is 67.7 Å². The van der Waals surface area contributed by atoms with Crippen molar-refractivity contribution in [3.05, 3.63) is 92.2 Å². The maximum absolute atomic E-state index is 13.3. The van der Waals surface area contributed by atoms with Crippen molar-refractivity contribution < 1.29 is 0 Å². The minimum Gasteiger partial charge on any atom is -0.338 e. The number of aromatic nitrogens is 5. The van der Waals surface area contributed by atoms with E-state index in [-0.39, 0.29) is 11.2 Å². The Balaban J connectivity index is 1.76. The fraction of sp³-hybridized carbons (Fsp3) is 0.174. The zero-order valence-electron chi connectivity index (χ0n) is 16.9. The molecule has 7 nitrogen and oxygen atoms in total. The predicted octanol–water partition coefficient (Wildman–Crippen LogP) is 3.92. The molecule has 0 radical (unpaired) electrons. The third-order valence-corrected chi connectivity index (χ3v) is 5.61. The van der Waals surface area contributed by atoms with Gasteiger partial charge in [0.1, 0.15) is 11.0 Å². The van der Waals surface area contributed by atoms with Gasteiger partial charge in [-0.2, -0.15) is 0 Å². The fourth-order valence-electron chi connectivity index (χ4n) is 3.87. The Morgan fingerprint density at radius 3 is 2.45 bits per heavy atom. The molecule has 0 fully saturated rings. The fourth-order valence-corrected chi connectivity index (χ4v) is 3.99. The monoisotopic (exact) mass is 433 g/mol. The van der Waals surface area contributed by atoms with E-state index in [9.17, 15) is 9.59 Å². The highest BCUT2D eigenvalue weighted by Crippen LogP contribution is 2.24. The lowest BCUT2D eigenvalue weighted by Gasteiger charge is -2.11. The molecule has 0 saturated carbocycles. The van der Waals surface area contributed by atoms with Gasteiger partial charge < -0.3 is 4.98 Å². The minimum atomic E-state index is -0.345. The second-order valence-electron chi connectivity index (χ2n) is 7.48. The zero-order chi connectivity index (χ0) is 21.5. The lowest BCUT2D eigenvalue weighted by Crippen LogP contribution is -2.40. The van der Waals surface area contributed by atoms with Crippen LogP contribution in [0.15, 0.2) is 70.4 Å². The molecule has 2 aromatic carbocycles. The molecule has 0 aliphatic rings. The quantitative estimate of drug-likeness (QED) is 0.456. The van der Waals surface area contributed by atoms with E-state index in [4.69, 9.17) is 11.6 Å². The average molecular weight is 434 g/mol. The van der Waals surface area contributed by atoms with Crippen LogP contribution in [0.2, 0.25) is 5.02 Å². The molecule has 0 saturated heterocycles. The number of H-pyrrole nitrogens is 1. The van der Waals surface area contributed by atoms with Gasteiger partial charge in [-0.25, -0.2) is 9.31 Å². The Hall–Kier alpha value is -3.58. The van der Waals surface area contributed by atoms with Gasteiger partial charge in [-0.15, -0.1) is 5.10 Å². The summed E-state index contributed by atoms with van der Waals surface area (Å²) in [6.45, 7) is 2.63. The van der Waals surface area contributed by atoms with Crippen LogP contribution in [-0.4, -0.2) is 23.7 Å². The maximum atomic E-state index is 13.3. The molecule has 0 aliphatic heterocycles. The second-order valence-corrected chi connectivity index (χ2v) is 7.91. The lowest BCUT2D eigenvalue weighted by molar-refractivity contribution is 0.579. The minimum absolute atomic E-state index is 0.328. The first-order valence-electron chi connectivity index (χ1n) is 10.1. The summed E-state index contributed by atoms with van der Waals surface area (Å²) in [5.74, 6) is 0. The highest BCUT2D eigenvalue weighted by atomic mass is 35.5. The molecule has 3 heterocycles. The Morgan fingerprint density at radius 1 is 1.00 bits per heavy atom. The van der Waals surface area contributed by atoms with E-state index in [1.54, 1.807) is 9.08 Å². The highest BCUT2D eigenvalue weighted by molar-refractivity contribution is 6.30. The van der Waals surface area contributed by atoms with Gasteiger partial charge in [-0.3, -0.25) is 13.9 Å². The number of hydrogen-bond acceptors (Lipinski definition) is 3. The molecule has 3 aromatic heterocycles. The summed E-state index contributed by atoms with van der Waals surface area (Å²) in [5.41, 5.74) is 2.97. The molecular weight excluding hydrogens is 414 g/mol. The average Bonchev–Trinajstić information content (AvgIpc) is 3.34. The number of hydrogen-bond donors (Lipinski definition) is 1. The summed E-state index contributed by atoms with van der Waals surface area (Å²) in [7, 11) is 0. The molecule has 1 N–H and O–H groups in total. The third kappa shape index (κ3) is 3.27. The maximum Gasteiger partial charge on any atom is 0.333 e. The van der Waals surface area contributed by atoms with Gasteiger partial charge in [0.15, 0.2) is 5.65 Å². The van der Waals surface area contributed by atoms with Crippen molar-refractivity contribution in [2.75, 3.05) is 0 Å². The Bertz CT molecular complexity index is 1510. The third-order valence-electron chi connectivity index (χ3n) is 5.36. The van der Waals surface area contributed by atoms with Gasteiger partial charge in [0.2, 0.25) is 0 Å². The molecule has 5 rings (SSSR count). The molecule has 0 atom stereocenters. The molecule has 0 amide bonds. The van der Waals surface area contributed by atoms with Crippen LogP contribution in [0, 0.1) is 0 Å². The van der Waals surface area contributed by atoms with Crippen molar-refractivity contribution in [3.63, 3.8) is 0 Å². The largest absolute Gasteiger partial charge is 0.338 e. The number of imidazole rings is 1. The first-order valence-corrected chi connectivity index (χ1v) is 10.5. The van der Waals surface area contributed by atoms with Gasteiger partial charge >= 0.3 is 5.69 Å². The SMILES string of the molecule is CCCn1c(=O)c2c(nn3cc(-c4ccc(Cl)cc4)[nH]c23)n(Cc2ccccc2)c1=O. The van der Waals surface area contributed by atoms with E-state index in [2.05, 4.69) is 10.1 Å². The molecule has 5 aromatic rings.